The standard InChI is InChI=1S/C13H14N2O5/c1-9(16)20-12(8-14(2)3)13(17)10-4-6-11(7-5-10)15(18)19/h4-8H,1-3H3/b12-8-. The summed E-state index contributed by atoms with van der Waals surface area (Å²) in [6.45, 7) is 1.19. The maximum atomic E-state index is 12.2. The second kappa shape index (κ2) is 6.46. The van der Waals surface area contributed by atoms with Crippen LogP contribution in [-0.4, -0.2) is 35.7 Å². The summed E-state index contributed by atoms with van der Waals surface area (Å²) in [7, 11) is 3.35. The molecule has 0 aliphatic heterocycles. The number of ether oxygens (including phenoxy) is 1. The molecule has 7 nitrogen and oxygen atoms in total. The molecule has 20 heavy (non-hydrogen) atoms. The fourth-order valence-corrected chi connectivity index (χ4v) is 1.40. The van der Waals surface area contributed by atoms with Gasteiger partial charge < -0.3 is 9.64 Å². The number of non-ortho nitro benzene ring substituents is 1. The molecule has 0 aromatic heterocycles. The lowest BCUT2D eigenvalue weighted by atomic mass is 10.1. The number of rotatable bonds is 5. The summed E-state index contributed by atoms with van der Waals surface area (Å²) in [6.07, 6.45) is 1.37. The number of nitro groups is 1. The topological polar surface area (TPSA) is 89.8 Å². The van der Waals surface area contributed by atoms with Crippen molar-refractivity contribution in [1.82, 2.24) is 4.90 Å². The van der Waals surface area contributed by atoms with Gasteiger partial charge in [-0.05, 0) is 12.1 Å². The molecular formula is C13H14N2O5. The van der Waals surface area contributed by atoms with E-state index in [9.17, 15) is 19.7 Å². The SMILES string of the molecule is CC(=O)O/C(=C\N(C)C)C(=O)c1ccc([N+](=O)[O-])cc1. The highest BCUT2D eigenvalue weighted by atomic mass is 16.6. The molecule has 1 rings (SSSR count). The van der Waals surface area contributed by atoms with Crippen molar-refractivity contribution >= 4 is 17.4 Å². The Morgan fingerprint density at radius 3 is 2.20 bits per heavy atom. The lowest BCUT2D eigenvalue weighted by Gasteiger charge is -2.10. The first-order chi connectivity index (χ1) is 9.31. The lowest BCUT2D eigenvalue weighted by Crippen LogP contribution is -2.14. The quantitative estimate of drug-likeness (QED) is 0.203. The van der Waals surface area contributed by atoms with Crippen molar-refractivity contribution in [3.63, 3.8) is 0 Å². The van der Waals surface area contributed by atoms with Gasteiger partial charge in [-0.2, -0.15) is 0 Å². The van der Waals surface area contributed by atoms with Gasteiger partial charge in [-0.15, -0.1) is 0 Å². The van der Waals surface area contributed by atoms with Crippen LogP contribution in [-0.2, 0) is 9.53 Å². The van der Waals surface area contributed by atoms with Gasteiger partial charge in [0.05, 0.1) is 4.92 Å². The van der Waals surface area contributed by atoms with Gasteiger partial charge in [0, 0.05) is 44.9 Å². The second-order valence-electron chi connectivity index (χ2n) is 4.18. The van der Waals surface area contributed by atoms with Crippen molar-refractivity contribution in [2.45, 2.75) is 6.92 Å². The molecule has 0 atom stereocenters. The minimum atomic E-state index is -0.617. The van der Waals surface area contributed by atoms with Crippen LogP contribution in [0.4, 0.5) is 5.69 Å². The van der Waals surface area contributed by atoms with Crippen LogP contribution in [0.15, 0.2) is 36.2 Å². The molecule has 0 N–H and O–H groups in total. The number of hydrogen-bond acceptors (Lipinski definition) is 6. The lowest BCUT2D eigenvalue weighted by molar-refractivity contribution is -0.384. The molecule has 0 radical (unpaired) electrons. The Balaban J connectivity index is 3.06. The van der Waals surface area contributed by atoms with E-state index in [4.69, 9.17) is 4.74 Å². The van der Waals surface area contributed by atoms with Crippen LogP contribution < -0.4 is 0 Å². The van der Waals surface area contributed by atoms with Gasteiger partial charge >= 0.3 is 5.97 Å². The number of ketones is 1. The Bertz CT molecular complexity index is 561. The van der Waals surface area contributed by atoms with E-state index >= 15 is 0 Å². The number of allylic oxidation sites excluding steroid dienone is 1. The molecule has 0 aliphatic carbocycles. The van der Waals surface area contributed by atoms with Crippen molar-refractivity contribution < 1.29 is 19.2 Å². The fraction of sp³-hybridized carbons (Fsp3) is 0.231. The summed E-state index contributed by atoms with van der Waals surface area (Å²) in [5, 5.41) is 10.5. The minimum absolute atomic E-state index is 0.118. The number of benzene rings is 1. The van der Waals surface area contributed by atoms with E-state index in [1.165, 1.54) is 37.4 Å². The van der Waals surface area contributed by atoms with Gasteiger partial charge in [0.2, 0.25) is 5.78 Å². The van der Waals surface area contributed by atoms with Gasteiger partial charge in [0.15, 0.2) is 5.76 Å². The molecular weight excluding hydrogens is 264 g/mol. The summed E-state index contributed by atoms with van der Waals surface area (Å²) < 4.78 is 4.85. The number of hydrogen-bond donors (Lipinski definition) is 0. The van der Waals surface area contributed by atoms with Crippen LogP contribution in [0.5, 0.6) is 0 Å². The zero-order valence-electron chi connectivity index (χ0n) is 11.3. The minimum Gasteiger partial charge on any atom is -0.421 e. The number of Topliss-reactive ketones (excluding diaryl/α,β-unsaturated/α-hetero) is 1. The van der Waals surface area contributed by atoms with Crippen molar-refractivity contribution in [3.8, 4) is 0 Å². The molecule has 0 fully saturated rings. The van der Waals surface area contributed by atoms with Crippen molar-refractivity contribution in [2.75, 3.05) is 14.1 Å². The highest BCUT2D eigenvalue weighted by Crippen LogP contribution is 2.16. The highest BCUT2D eigenvalue weighted by molar-refractivity contribution is 6.08. The fourth-order valence-electron chi connectivity index (χ4n) is 1.40. The highest BCUT2D eigenvalue weighted by Gasteiger charge is 2.17. The third-order valence-electron chi connectivity index (χ3n) is 2.19. The van der Waals surface area contributed by atoms with E-state index in [0.29, 0.717) is 0 Å². The molecule has 0 unspecified atom stereocenters. The van der Waals surface area contributed by atoms with Crippen molar-refractivity contribution in [2.24, 2.45) is 0 Å². The van der Waals surface area contributed by atoms with Crippen LogP contribution in [0.2, 0.25) is 0 Å². The van der Waals surface area contributed by atoms with Gasteiger partial charge in [-0.25, -0.2) is 0 Å². The first kappa shape index (κ1) is 15.4. The van der Waals surface area contributed by atoms with Crippen LogP contribution >= 0.6 is 0 Å². The monoisotopic (exact) mass is 278 g/mol. The average molecular weight is 278 g/mol. The first-order valence-electron chi connectivity index (χ1n) is 5.67. The second-order valence-corrected chi connectivity index (χ2v) is 4.18. The molecule has 7 heteroatoms. The molecule has 0 spiro atoms. The summed E-state index contributed by atoms with van der Waals surface area (Å²) in [4.78, 5) is 34.7. The smallest absolute Gasteiger partial charge is 0.308 e. The van der Waals surface area contributed by atoms with E-state index < -0.39 is 16.7 Å². The normalized spacial score (nSPS) is 10.8. The van der Waals surface area contributed by atoms with Gasteiger partial charge in [0.25, 0.3) is 5.69 Å². The average Bonchev–Trinajstić information content (AvgIpc) is 2.36. The summed E-state index contributed by atoms with van der Waals surface area (Å²) in [6, 6.07) is 5.06. The Labute approximate surface area is 115 Å². The van der Waals surface area contributed by atoms with Crippen LogP contribution in [0.3, 0.4) is 0 Å². The summed E-state index contributed by atoms with van der Waals surface area (Å²) in [5.74, 6) is -1.28. The Kier molecular flexibility index (Phi) is 4.96. The predicted octanol–water partition coefficient (Wildman–Crippen LogP) is 1.74. The molecule has 0 bridgehead atoms. The zero-order valence-corrected chi connectivity index (χ0v) is 11.3. The molecule has 0 saturated heterocycles. The summed E-state index contributed by atoms with van der Waals surface area (Å²) in [5.41, 5.74) is 0.0807. The van der Waals surface area contributed by atoms with Crippen LogP contribution in [0, 0.1) is 10.1 Å². The number of carbonyl (C=O) groups excluding carboxylic acids is 2. The van der Waals surface area contributed by atoms with Gasteiger partial charge in [0.1, 0.15) is 0 Å². The van der Waals surface area contributed by atoms with Gasteiger partial charge in [-0.3, -0.25) is 19.7 Å². The maximum absolute atomic E-state index is 12.2. The van der Waals surface area contributed by atoms with E-state index in [1.807, 2.05) is 0 Å². The van der Waals surface area contributed by atoms with E-state index in [-0.39, 0.29) is 17.0 Å². The Hall–Kier alpha value is -2.70. The van der Waals surface area contributed by atoms with E-state index in [0.717, 1.165) is 0 Å². The largest absolute Gasteiger partial charge is 0.421 e. The van der Waals surface area contributed by atoms with Gasteiger partial charge in [-0.1, -0.05) is 0 Å². The molecule has 1 aromatic rings. The third kappa shape index (κ3) is 4.20. The molecule has 1 aromatic carbocycles. The first-order valence-corrected chi connectivity index (χ1v) is 5.67. The van der Waals surface area contributed by atoms with Crippen LogP contribution in [0.25, 0.3) is 0 Å². The number of carbonyl (C=O) groups is 2. The molecule has 0 amide bonds. The van der Waals surface area contributed by atoms with Crippen molar-refractivity contribution in [1.29, 1.82) is 0 Å². The molecule has 0 heterocycles. The number of nitrogens with zero attached hydrogens (tertiary/aromatic N) is 2. The third-order valence-corrected chi connectivity index (χ3v) is 2.19. The van der Waals surface area contributed by atoms with E-state index in [2.05, 4.69) is 0 Å². The molecule has 0 aliphatic rings. The summed E-state index contributed by atoms with van der Waals surface area (Å²) >= 11 is 0. The molecule has 0 saturated carbocycles. The molecule has 106 valence electrons. The Morgan fingerprint density at radius 1 is 1.25 bits per heavy atom. The Morgan fingerprint density at radius 2 is 1.80 bits per heavy atom. The van der Waals surface area contributed by atoms with Crippen LogP contribution in [0.1, 0.15) is 17.3 Å². The zero-order chi connectivity index (χ0) is 15.3. The predicted molar refractivity (Wildman–Crippen MR) is 71.0 cm³/mol. The van der Waals surface area contributed by atoms with E-state index in [1.54, 1.807) is 19.0 Å². The number of nitro benzene ring substituents is 1. The maximum Gasteiger partial charge on any atom is 0.308 e. The van der Waals surface area contributed by atoms with Crippen molar-refractivity contribution in [3.05, 3.63) is 51.9 Å². The number of esters is 1.